The Kier molecular flexibility index (Phi) is 7.49. The van der Waals surface area contributed by atoms with Crippen molar-refractivity contribution < 1.29 is 18.7 Å². The average Bonchev–Trinajstić information content (AvgIpc) is 3.36. The van der Waals surface area contributed by atoms with Crippen LogP contribution in [0.2, 0.25) is 0 Å². The van der Waals surface area contributed by atoms with E-state index in [1.54, 1.807) is 23.3 Å². The summed E-state index contributed by atoms with van der Waals surface area (Å²) in [5.74, 6) is -0.586. The molecule has 186 valence electrons. The number of hydrogen-bond acceptors (Lipinski definition) is 9. The van der Waals surface area contributed by atoms with Crippen LogP contribution in [0.1, 0.15) is 15.9 Å². The molecule has 2 aliphatic heterocycles. The topological polar surface area (TPSA) is 119 Å². The summed E-state index contributed by atoms with van der Waals surface area (Å²) in [6.07, 6.45) is 1.67. The summed E-state index contributed by atoms with van der Waals surface area (Å²) < 4.78 is 24.7. The first-order valence-corrected chi connectivity index (χ1v) is 11.3. The maximum atomic E-state index is 14.5. The van der Waals surface area contributed by atoms with Crippen LogP contribution < -0.4 is 26.4 Å². The largest absolute Gasteiger partial charge is 0.488 e. The molecule has 0 spiro atoms. The molecular formula is C24H30FN7O3. The lowest BCUT2D eigenvalue weighted by atomic mass is 10.1. The fourth-order valence-electron chi connectivity index (χ4n) is 3.81. The van der Waals surface area contributed by atoms with Gasteiger partial charge in [-0.15, -0.1) is 5.53 Å². The lowest BCUT2D eigenvalue weighted by molar-refractivity contribution is 0.0664. The molecule has 1 amide bonds. The number of nitrogens with one attached hydrogen (secondary N) is 3. The van der Waals surface area contributed by atoms with Gasteiger partial charge in [-0.05, 0) is 37.4 Å². The molecule has 1 saturated heterocycles. The minimum absolute atomic E-state index is 0.00965. The zero-order valence-corrected chi connectivity index (χ0v) is 19.8. The van der Waals surface area contributed by atoms with Crippen molar-refractivity contribution >= 4 is 23.0 Å². The van der Waals surface area contributed by atoms with E-state index in [1.165, 1.54) is 19.2 Å². The van der Waals surface area contributed by atoms with Gasteiger partial charge in [-0.3, -0.25) is 20.6 Å². The first-order valence-electron chi connectivity index (χ1n) is 11.3. The summed E-state index contributed by atoms with van der Waals surface area (Å²) >= 11 is 0. The van der Waals surface area contributed by atoms with Gasteiger partial charge in [-0.1, -0.05) is 0 Å². The quantitative estimate of drug-likeness (QED) is 0.254. The Bertz CT molecular complexity index is 1110. The molecule has 2 aliphatic rings. The summed E-state index contributed by atoms with van der Waals surface area (Å²) in [6, 6.07) is 9.76. The van der Waals surface area contributed by atoms with Crippen LogP contribution in [0.4, 0.5) is 15.8 Å². The Balaban J connectivity index is 1.43. The van der Waals surface area contributed by atoms with Crippen LogP contribution >= 0.6 is 0 Å². The van der Waals surface area contributed by atoms with Crippen molar-refractivity contribution in [1.29, 1.82) is 5.41 Å². The van der Waals surface area contributed by atoms with Crippen LogP contribution in [-0.4, -0.2) is 75.0 Å². The third-order valence-electron chi connectivity index (χ3n) is 5.94. The minimum Gasteiger partial charge on any atom is -0.488 e. The number of nitrogens with zero attached hydrogens (tertiary/aromatic N) is 3. The molecule has 0 unspecified atom stereocenters. The number of benzene rings is 2. The number of allylic oxidation sites excluding steroid dienone is 1. The molecule has 0 atom stereocenters. The molecule has 1 fully saturated rings. The molecule has 0 aromatic heterocycles. The zero-order valence-electron chi connectivity index (χ0n) is 19.8. The number of nitrogen functional groups attached to an aromatic ring is 1. The van der Waals surface area contributed by atoms with E-state index in [0.29, 0.717) is 31.0 Å². The number of likely N-dealkylation sites (N-methyl/N-ethyl adjacent to an activating group) is 1. The van der Waals surface area contributed by atoms with Crippen LogP contribution in [0.25, 0.3) is 0 Å². The average molecular weight is 484 g/mol. The van der Waals surface area contributed by atoms with E-state index in [2.05, 4.69) is 15.9 Å². The van der Waals surface area contributed by atoms with Gasteiger partial charge in [0.15, 0.2) is 11.6 Å². The maximum Gasteiger partial charge on any atom is 0.253 e. The highest BCUT2D eigenvalue weighted by Crippen LogP contribution is 2.27. The van der Waals surface area contributed by atoms with Crippen molar-refractivity contribution in [1.82, 2.24) is 20.8 Å². The van der Waals surface area contributed by atoms with Gasteiger partial charge in [-0.25, -0.2) is 4.39 Å². The highest BCUT2D eigenvalue weighted by atomic mass is 19.1. The number of anilines is 2. The molecule has 4 rings (SSSR count). The SMILES string of the molecule is COCCOc1cc(N)c(C(=N)C2=CN(c3ccc(C(=O)N4CCN(C)CC4)cc3)NN2)cc1F. The van der Waals surface area contributed by atoms with E-state index in [-0.39, 0.29) is 35.2 Å². The van der Waals surface area contributed by atoms with Gasteiger partial charge < -0.3 is 25.0 Å². The molecule has 0 aliphatic carbocycles. The first kappa shape index (κ1) is 24.5. The number of carbonyl (C=O) groups excluding carboxylic acids is 1. The number of piperazine rings is 1. The molecule has 0 radical (unpaired) electrons. The van der Waals surface area contributed by atoms with Crippen molar-refractivity contribution in [2.24, 2.45) is 0 Å². The highest BCUT2D eigenvalue weighted by Gasteiger charge is 2.23. The van der Waals surface area contributed by atoms with Crippen LogP contribution in [0.3, 0.4) is 0 Å². The Morgan fingerprint density at radius 3 is 2.54 bits per heavy atom. The molecule has 0 bridgehead atoms. The van der Waals surface area contributed by atoms with E-state index >= 15 is 0 Å². The summed E-state index contributed by atoms with van der Waals surface area (Å²) in [5, 5.41) is 10.2. The first-order chi connectivity index (χ1) is 16.9. The van der Waals surface area contributed by atoms with E-state index in [1.807, 2.05) is 24.1 Å². The van der Waals surface area contributed by atoms with Gasteiger partial charge in [0.25, 0.3) is 5.91 Å². The van der Waals surface area contributed by atoms with Crippen LogP contribution in [0.5, 0.6) is 5.75 Å². The van der Waals surface area contributed by atoms with E-state index < -0.39 is 5.82 Å². The molecule has 10 nitrogen and oxygen atoms in total. The monoisotopic (exact) mass is 483 g/mol. The van der Waals surface area contributed by atoms with Crippen LogP contribution in [-0.2, 0) is 4.74 Å². The third-order valence-corrected chi connectivity index (χ3v) is 5.94. The number of ether oxygens (including phenoxy) is 2. The van der Waals surface area contributed by atoms with Crippen molar-refractivity contribution in [3.63, 3.8) is 0 Å². The Morgan fingerprint density at radius 2 is 1.86 bits per heavy atom. The van der Waals surface area contributed by atoms with Gasteiger partial charge in [0.05, 0.1) is 29.9 Å². The number of nitrogens with two attached hydrogens (primary N) is 1. The summed E-state index contributed by atoms with van der Waals surface area (Å²) in [7, 11) is 3.58. The van der Waals surface area contributed by atoms with Gasteiger partial charge in [0.1, 0.15) is 6.61 Å². The standard InChI is InChI=1S/C24H30FN7O3/c1-30-7-9-31(10-8-30)24(33)16-3-5-17(6-4-16)32-15-21(28-29-32)23(27)18-13-19(25)22(14-20(18)26)35-12-11-34-2/h3-6,13-15,27-29H,7-12,26H2,1-2H3. The van der Waals surface area contributed by atoms with E-state index in [4.69, 9.17) is 20.6 Å². The summed E-state index contributed by atoms with van der Waals surface area (Å²) in [4.78, 5) is 16.8. The smallest absolute Gasteiger partial charge is 0.253 e. The Hall–Kier alpha value is -3.67. The van der Waals surface area contributed by atoms with Crippen LogP contribution in [0, 0.1) is 11.2 Å². The highest BCUT2D eigenvalue weighted by molar-refractivity contribution is 6.13. The summed E-state index contributed by atoms with van der Waals surface area (Å²) in [5.41, 5.74) is 14.2. The van der Waals surface area contributed by atoms with Crippen molar-refractivity contribution in [3.05, 3.63) is 65.2 Å². The second-order valence-electron chi connectivity index (χ2n) is 8.38. The molecular weight excluding hydrogens is 453 g/mol. The molecule has 2 heterocycles. The second kappa shape index (κ2) is 10.7. The van der Waals surface area contributed by atoms with Crippen molar-refractivity contribution in [3.8, 4) is 5.75 Å². The zero-order chi connectivity index (χ0) is 24.9. The fraction of sp³-hybridized carbons (Fsp3) is 0.333. The molecule has 2 aromatic rings. The maximum absolute atomic E-state index is 14.5. The number of hydrazine groups is 2. The molecule has 35 heavy (non-hydrogen) atoms. The lowest BCUT2D eigenvalue weighted by Gasteiger charge is -2.32. The molecule has 2 aromatic carbocycles. The normalized spacial score (nSPS) is 16.1. The third kappa shape index (κ3) is 5.53. The number of carbonyl (C=O) groups is 1. The number of rotatable bonds is 8. The van der Waals surface area contributed by atoms with E-state index in [0.717, 1.165) is 18.8 Å². The second-order valence-corrected chi connectivity index (χ2v) is 8.38. The minimum atomic E-state index is -0.612. The fourth-order valence-corrected chi connectivity index (χ4v) is 3.81. The number of amides is 1. The molecule has 11 heteroatoms. The lowest BCUT2D eigenvalue weighted by Crippen LogP contribution is -2.47. The predicted octanol–water partition coefficient (Wildman–Crippen LogP) is 1.56. The number of methoxy groups -OCH3 is 1. The van der Waals surface area contributed by atoms with Gasteiger partial charge in [0.2, 0.25) is 0 Å². The molecule has 5 N–H and O–H groups in total. The Morgan fingerprint density at radius 1 is 1.14 bits per heavy atom. The van der Waals surface area contributed by atoms with Crippen molar-refractivity contribution in [2.75, 3.05) is 64.3 Å². The van der Waals surface area contributed by atoms with Gasteiger partial charge in [-0.2, -0.15) is 0 Å². The molecule has 0 saturated carbocycles. The van der Waals surface area contributed by atoms with Crippen molar-refractivity contribution in [2.45, 2.75) is 0 Å². The summed E-state index contributed by atoms with van der Waals surface area (Å²) in [6.45, 7) is 3.67. The Labute approximate surface area is 203 Å². The van der Waals surface area contributed by atoms with Gasteiger partial charge in [0, 0.05) is 56.2 Å². The number of hydrogen-bond donors (Lipinski definition) is 4. The van der Waals surface area contributed by atoms with Gasteiger partial charge >= 0.3 is 0 Å². The van der Waals surface area contributed by atoms with Crippen LogP contribution in [0.15, 0.2) is 48.3 Å². The van der Waals surface area contributed by atoms with E-state index in [9.17, 15) is 9.18 Å². The number of halogens is 1. The predicted molar refractivity (Wildman–Crippen MR) is 132 cm³/mol.